The molecule has 2 amide bonds. The van der Waals surface area contributed by atoms with Gasteiger partial charge in [-0.05, 0) is 51.8 Å². The molecule has 5 nitrogen and oxygen atoms in total. The zero-order valence-corrected chi connectivity index (χ0v) is 19.5. The van der Waals surface area contributed by atoms with Crippen LogP contribution in [0.3, 0.4) is 0 Å². The van der Waals surface area contributed by atoms with E-state index >= 15 is 0 Å². The number of aromatic nitrogens is 1. The molecule has 0 aliphatic heterocycles. The first-order valence-electron chi connectivity index (χ1n) is 10.4. The quantitative estimate of drug-likeness (QED) is 0.536. The van der Waals surface area contributed by atoms with Crippen molar-refractivity contribution in [3.8, 4) is 0 Å². The number of carbonyl (C=O) groups is 2. The molecule has 162 valence electrons. The molecular weight excluding hydrogens is 406 g/mol. The molecule has 1 unspecified atom stereocenters. The SMILES string of the molecule is CCC(C)(C)NC(=O)C(c1ccccc1)N(C(=O)c1sc(C)nc1C)c1ccccc1. The second-order valence-corrected chi connectivity index (χ2v) is 9.40. The molecule has 1 aromatic heterocycles. The number of carbonyl (C=O) groups excluding carboxylic acids is 2. The van der Waals surface area contributed by atoms with Gasteiger partial charge in [0.1, 0.15) is 10.9 Å². The molecule has 0 saturated carbocycles. The minimum absolute atomic E-state index is 0.214. The van der Waals surface area contributed by atoms with E-state index in [1.165, 1.54) is 11.3 Å². The van der Waals surface area contributed by atoms with Crippen molar-refractivity contribution in [2.45, 2.75) is 52.6 Å². The van der Waals surface area contributed by atoms with Crippen LogP contribution < -0.4 is 10.2 Å². The normalized spacial score (nSPS) is 12.3. The van der Waals surface area contributed by atoms with Crippen molar-refractivity contribution in [1.82, 2.24) is 10.3 Å². The minimum Gasteiger partial charge on any atom is -0.349 e. The van der Waals surface area contributed by atoms with Gasteiger partial charge in [0.25, 0.3) is 5.91 Å². The van der Waals surface area contributed by atoms with Gasteiger partial charge in [-0.3, -0.25) is 14.5 Å². The van der Waals surface area contributed by atoms with E-state index in [1.54, 1.807) is 4.90 Å². The van der Waals surface area contributed by atoms with Crippen LogP contribution in [0.5, 0.6) is 0 Å². The van der Waals surface area contributed by atoms with Gasteiger partial charge in [0, 0.05) is 11.2 Å². The number of para-hydroxylation sites is 1. The summed E-state index contributed by atoms with van der Waals surface area (Å²) in [5, 5.41) is 3.96. The Kier molecular flexibility index (Phi) is 6.91. The van der Waals surface area contributed by atoms with Crippen molar-refractivity contribution >= 4 is 28.8 Å². The molecule has 1 heterocycles. The van der Waals surface area contributed by atoms with E-state index in [0.717, 1.165) is 17.0 Å². The van der Waals surface area contributed by atoms with Crippen LogP contribution in [-0.4, -0.2) is 22.3 Å². The topological polar surface area (TPSA) is 62.3 Å². The van der Waals surface area contributed by atoms with Gasteiger partial charge >= 0.3 is 0 Å². The molecule has 0 bridgehead atoms. The van der Waals surface area contributed by atoms with E-state index in [9.17, 15) is 9.59 Å². The number of thiazole rings is 1. The Bertz CT molecular complexity index is 1050. The Hall–Kier alpha value is -2.99. The molecule has 31 heavy (non-hydrogen) atoms. The monoisotopic (exact) mass is 435 g/mol. The smallest absolute Gasteiger partial charge is 0.271 e. The van der Waals surface area contributed by atoms with Crippen LogP contribution in [-0.2, 0) is 4.79 Å². The lowest BCUT2D eigenvalue weighted by Gasteiger charge is -2.34. The fraction of sp³-hybridized carbons (Fsp3) is 0.320. The van der Waals surface area contributed by atoms with Crippen molar-refractivity contribution in [2.75, 3.05) is 4.90 Å². The Morgan fingerprint density at radius 3 is 2.13 bits per heavy atom. The van der Waals surface area contributed by atoms with Crippen LogP contribution in [0.15, 0.2) is 60.7 Å². The molecule has 0 saturated heterocycles. The molecule has 1 N–H and O–H groups in total. The summed E-state index contributed by atoms with van der Waals surface area (Å²) >= 11 is 1.35. The Labute approximate surface area is 188 Å². The first kappa shape index (κ1) is 22.7. The first-order chi connectivity index (χ1) is 14.7. The zero-order valence-electron chi connectivity index (χ0n) is 18.7. The number of hydrogen-bond acceptors (Lipinski definition) is 4. The van der Waals surface area contributed by atoms with Gasteiger partial charge < -0.3 is 5.32 Å². The van der Waals surface area contributed by atoms with Crippen molar-refractivity contribution < 1.29 is 9.59 Å². The number of aryl methyl sites for hydroxylation is 2. The maximum absolute atomic E-state index is 13.9. The number of rotatable bonds is 7. The van der Waals surface area contributed by atoms with Crippen LogP contribution in [0.25, 0.3) is 0 Å². The maximum atomic E-state index is 13.9. The molecular formula is C25H29N3O2S. The molecule has 3 rings (SSSR count). The highest BCUT2D eigenvalue weighted by Gasteiger charge is 2.36. The van der Waals surface area contributed by atoms with Crippen LogP contribution in [0.2, 0.25) is 0 Å². The molecule has 0 radical (unpaired) electrons. The third-order valence-electron chi connectivity index (χ3n) is 5.32. The lowest BCUT2D eigenvalue weighted by Crippen LogP contribution is -2.50. The summed E-state index contributed by atoms with van der Waals surface area (Å²) in [6.45, 7) is 9.71. The summed E-state index contributed by atoms with van der Waals surface area (Å²) < 4.78 is 0. The number of nitrogens with zero attached hydrogens (tertiary/aromatic N) is 2. The van der Waals surface area contributed by atoms with Gasteiger partial charge in [-0.2, -0.15) is 0 Å². The van der Waals surface area contributed by atoms with Crippen molar-refractivity contribution in [1.29, 1.82) is 0 Å². The average Bonchev–Trinajstić information content (AvgIpc) is 3.10. The lowest BCUT2D eigenvalue weighted by molar-refractivity contribution is -0.124. The number of anilines is 1. The molecule has 1 atom stereocenters. The molecule has 3 aromatic rings. The van der Waals surface area contributed by atoms with E-state index in [1.807, 2.05) is 95.3 Å². The maximum Gasteiger partial charge on any atom is 0.271 e. The molecule has 0 aliphatic rings. The summed E-state index contributed by atoms with van der Waals surface area (Å²) in [5.74, 6) is -0.443. The molecule has 2 aromatic carbocycles. The van der Waals surface area contributed by atoms with E-state index in [0.29, 0.717) is 16.3 Å². The number of benzene rings is 2. The highest BCUT2D eigenvalue weighted by Crippen LogP contribution is 2.32. The summed E-state index contributed by atoms with van der Waals surface area (Å²) in [6, 6.07) is 18.0. The van der Waals surface area contributed by atoms with Gasteiger partial charge in [0.05, 0.1) is 10.7 Å². The van der Waals surface area contributed by atoms with Gasteiger partial charge in [-0.25, -0.2) is 4.98 Å². The van der Waals surface area contributed by atoms with E-state index < -0.39 is 11.6 Å². The van der Waals surface area contributed by atoms with Crippen LogP contribution >= 0.6 is 11.3 Å². The van der Waals surface area contributed by atoms with E-state index in [-0.39, 0.29) is 11.8 Å². The van der Waals surface area contributed by atoms with Crippen LogP contribution in [0, 0.1) is 13.8 Å². The molecule has 0 spiro atoms. The Morgan fingerprint density at radius 2 is 1.61 bits per heavy atom. The number of nitrogens with one attached hydrogen (secondary N) is 1. The lowest BCUT2D eigenvalue weighted by atomic mass is 9.98. The first-order valence-corrected chi connectivity index (χ1v) is 11.2. The van der Waals surface area contributed by atoms with Gasteiger partial charge in [-0.15, -0.1) is 11.3 Å². The minimum atomic E-state index is -0.816. The predicted octanol–water partition coefficient (Wildman–Crippen LogP) is 5.45. The second kappa shape index (κ2) is 9.43. The van der Waals surface area contributed by atoms with E-state index in [4.69, 9.17) is 0 Å². The van der Waals surface area contributed by atoms with Gasteiger partial charge in [-0.1, -0.05) is 55.5 Å². The highest BCUT2D eigenvalue weighted by molar-refractivity contribution is 7.13. The van der Waals surface area contributed by atoms with Gasteiger partial charge in [0.15, 0.2) is 0 Å². The average molecular weight is 436 g/mol. The Morgan fingerprint density at radius 1 is 1.03 bits per heavy atom. The van der Waals surface area contributed by atoms with Gasteiger partial charge in [0.2, 0.25) is 5.91 Å². The molecule has 0 aliphatic carbocycles. The van der Waals surface area contributed by atoms with Crippen molar-refractivity contribution in [2.24, 2.45) is 0 Å². The largest absolute Gasteiger partial charge is 0.349 e. The summed E-state index contributed by atoms with van der Waals surface area (Å²) in [4.78, 5) is 34.1. The number of amides is 2. The summed E-state index contributed by atoms with van der Waals surface area (Å²) in [7, 11) is 0. The summed E-state index contributed by atoms with van der Waals surface area (Å²) in [6.07, 6.45) is 0.771. The number of hydrogen-bond donors (Lipinski definition) is 1. The zero-order chi connectivity index (χ0) is 22.6. The van der Waals surface area contributed by atoms with Crippen molar-refractivity contribution in [3.63, 3.8) is 0 Å². The predicted molar refractivity (Wildman–Crippen MR) is 127 cm³/mol. The summed E-state index contributed by atoms with van der Waals surface area (Å²) in [5.41, 5.74) is 1.70. The van der Waals surface area contributed by atoms with Crippen LogP contribution in [0.1, 0.15) is 59.2 Å². The third kappa shape index (κ3) is 5.20. The van der Waals surface area contributed by atoms with Crippen LogP contribution in [0.4, 0.5) is 5.69 Å². The second-order valence-electron chi connectivity index (χ2n) is 8.20. The fourth-order valence-electron chi connectivity index (χ4n) is 3.35. The van der Waals surface area contributed by atoms with Crippen molar-refractivity contribution in [3.05, 3.63) is 81.8 Å². The Balaban J connectivity index is 2.17. The third-order valence-corrected chi connectivity index (χ3v) is 6.38. The standard InChI is InChI=1S/C25H29N3O2S/c1-6-25(4,5)27-23(29)21(19-13-9-7-10-14-19)28(20-15-11-8-12-16-20)24(30)22-17(2)26-18(3)31-22/h7-16,21H,6H2,1-5H3,(H,27,29). The molecule has 0 fully saturated rings. The fourth-order valence-corrected chi connectivity index (χ4v) is 4.21. The highest BCUT2D eigenvalue weighted by atomic mass is 32.1. The van der Waals surface area contributed by atoms with E-state index in [2.05, 4.69) is 10.3 Å². The molecule has 6 heteroatoms.